The molecule has 1 heterocycles. The van der Waals surface area contributed by atoms with Gasteiger partial charge in [-0.15, -0.1) is 0 Å². The van der Waals surface area contributed by atoms with Crippen molar-refractivity contribution in [2.24, 2.45) is 11.8 Å². The molecule has 1 aliphatic carbocycles. The average Bonchev–Trinajstić information content (AvgIpc) is 2.89. The monoisotopic (exact) mass is 253 g/mol. The molecule has 0 aromatic carbocycles. The molecule has 0 aromatic heterocycles. The van der Waals surface area contributed by atoms with E-state index >= 15 is 0 Å². The minimum atomic E-state index is 0.900. The quantitative estimate of drug-likeness (QED) is 0.757. The summed E-state index contributed by atoms with van der Waals surface area (Å²) in [6.45, 7) is 4.69. The molecule has 2 nitrogen and oxygen atoms in total. The van der Waals surface area contributed by atoms with Crippen molar-refractivity contribution in [1.29, 1.82) is 0 Å². The predicted molar refractivity (Wildman–Crippen MR) is 76.8 cm³/mol. The first-order valence-electron chi connectivity index (χ1n) is 8.11. The van der Waals surface area contributed by atoms with Gasteiger partial charge in [0.15, 0.2) is 0 Å². The van der Waals surface area contributed by atoms with Gasteiger partial charge >= 0.3 is 0 Å². The van der Waals surface area contributed by atoms with Crippen molar-refractivity contribution in [2.75, 3.05) is 33.4 Å². The molecular weight excluding hydrogens is 222 g/mol. The molecule has 2 rings (SSSR count). The highest BCUT2D eigenvalue weighted by atomic mass is 16.5. The second kappa shape index (κ2) is 8.16. The maximum Gasteiger partial charge on any atom is 0.0589 e. The summed E-state index contributed by atoms with van der Waals surface area (Å²) in [5.74, 6) is 2.01. The number of rotatable bonds is 4. The van der Waals surface area contributed by atoms with Gasteiger partial charge in [-0.05, 0) is 24.8 Å². The van der Waals surface area contributed by atoms with Crippen molar-refractivity contribution >= 4 is 0 Å². The second-order valence-corrected chi connectivity index (χ2v) is 6.30. The van der Waals surface area contributed by atoms with Gasteiger partial charge in [0.1, 0.15) is 0 Å². The van der Waals surface area contributed by atoms with Crippen LogP contribution in [0.3, 0.4) is 0 Å². The topological polar surface area (TPSA) is 12.5 Å². The highest BCUT2D eigenvalue weighted by molar-refractivity contribution is 4.81. The van der Waals surface area contributed by atoms with Crippen LogP contribution >= 0.6 is 0 Å². The molecule has 1 saturated carbocycles. The Morgan fingerprint density at radius 1 is 0.889 bits per heavy atom. The molecular formula is C16H31NO. The van der Waals surface area contributed by atoms with E-state index in [1.807, 2.05) is 7.11 Å². The van der Waals surface area contributed by atoms with E-state index in [4.69, 9.17) is 4.74 Å². The Balaban J connectivity index is 1.75. The number of likely N-dealkylation sites (tertiary alicyclic amines) is 1. The first kappa shape index (κ1) is 14.3. The van der Waals surface area contributed by atoms with Crippen LogP contribution in [0.4, 0.5) is 0 Å². The maximum absolute atomic E-state index is 5.20. The van der Waals surface area contributed by atoms with Crippen LogP contribution in [-0.4, -0.2) is 38.3 Å². The minimum Gasteiger partial charge on any atom is -0.383 e. The first-order valence-corrected chi connectivity index (χ1v) is 8.11. The molecule has 2 aliphatic rings. The Hall–Kier alpha value is -0.0800. The number of methoxy groups -OCH3 is 1. The van der Waals surface area contributed by atoms with Crippen LogP contribution in [0.15, 0.2) is 0 Å². The lowest BCUT2D eigenvalue weighted by atomic mass is 9.84. The third kappa shape index (κ3) is 4.55. The lowest BCUT2D eigenvalue weighted by Crippen LogP contribution is -2.26. The van der Waals surface area contributed by atoms with Gasteiger partial charge in [-0.25, -0.2) is 0 Å². The molecule has 1 saturated heterocycles. The largest absolute Gasteiger partial charge is 0.383 e. The third-order valence-corrected chi connectivity index (χ3v) is 4.99. The maximum atomic E-state index is 5.20. The third-order valence-electron chi connectivity index (χ3n) is 4.99. The second-order valence-electron chi connectivity index (χ2n) is 6.30. The molecule has 0 spiro atoms. The highest BCUT2D eigenvalue weighted by Gasteiger charge is 2.28. The van der Waals surface area contributed by atoms with Gasteiger partial charge in [-0.3, -0.25) is 0 Å². The van der Waals surface area contributed by atoms with E-state index < -0.39 is 0 Å². The fourth-order valence-corrected chi connectivity index (χ4v) is 3.81. The molecule has 18 heavy (non-hydrogen) atoms. The Labute approximate surface area is 113 Å². The van der Waals surface area contributed by atoms with E-state index in [9.17, 15) is 0 Å². The molecule has 0 radical (unpaired) electrons. The van der Waals surface area contributed by atoms with Gasteiger partial charge in [0.25, 0.3) is 0 Å². The highest BCUT2D eigenvalue weighted by Crippen LogP contribution is 2.33. The summed E-state index contributed by atoms with van der Waals surface area (Å²) in [6, 6.07) is 0. The summed E-state index contributed by atoms with van der Waals surface area (Å²) in [4.78, 5) is 2.61. The average molecular weight is 253 g/mol. The van der Waals surface area contributed by atoms with Gasteiger partial charge in [0.05, 0.1) is 6.61 Å². The van der Waals surface area contributed by atoms with E-state index in [0.717, 1.165) is 25.0 Å². The van der Waals surface area contributed by atoms with E-state index in [1.165, 1.54) is 70.9 Å². The Kier molecular flexibility index (Phi) is 6.50. The summed E-state index contributed by atoms with van der Waals surface area (Å²) in [7, 11) is 1.81. The number of hydrogen-bond donors (Lipinski definition) is 0. The Morgan fingerprint density at radius 2 is 1.56 bits per heavy atom. The lowest BCUT2D eigenvalue weighted by molar-refractivity contribution is 0.155. The smallest absolute Gasteiger partial charge is 0.0589 e. The van der Waals surface area contributed by atoms with E-state index in [0.29, 0.717) is 0 Å². The number of nitrogens with zero attached hydrogens (tertiary/aromatic N) is 1. The zero-order valence-electron chi connectivity index (χ0n) is 12.2. The Bertz CT molecular complexity index is 209. The van der Waals surface area contributed by atoms with Crippen LogP contribution < -0.4 is 0 Å². The fraction of sp³-hybridized carbons (Fsp3) is 1.00. The first-order chi connectivity index (χ1) is 8.90. The SMILES string of the molecule is COCCN1CCC(C2CCCCCCCC2)C1. The number of ether oxygens (including phenoxy) is 1. The van der Waals surface area contributed by atoms with E-state index in [2.05, 4.69) is 4.90 Å². The van der Waals surface area contributed by atoms with E-state index in [-0.39, 0.29) is 0 Å². The van der Waals surface area contributed by atoms with Crippen molar-refractivity contribution in [2.45, 2.75) is 57.8 Å². The van der Waals surface area contributed by atoms with Crippen molar-refractivity contribution in [3.05, 3.63) is 0 Å². The van der Waals surface area contributed by atoms with Crippen LogP contribution in [-0.2, 0) is 4.74 Å². The summed E-state index contributed by atoms with van der Waals surface area (Å²) < 4.78 is 5.20. The standard InChI is InChI=1S/C16H31NO/c1-18-13-12-17-11-10-16(14-17)15-8-6-4-2-3-5-7-9-15/h15-16H,2-14H2,1H3. The van der Waals surface area contributed by atoms with Crippen LogP contribution in [0.2, 0.25) is 0 Å². The van der Waals surface area contributed by atoms with Gasteiger partial charge in [-0.2, -0.15) is 0 Å². The lowest BCUT2D eigenvalue weighted by Gasteiger charge is -2.23. The summed E-state index contributed by atoms with van der Waals surface area (Å²) in [6.07, 6.45) is 13.3. The predicted octanol–water partition coefficient (Wildman–Crippen LogP) is 3.71. The molecule has 2 fully saturated rings. The van der Waals surface area contributed by atoms with Gasteiger partial charge in [0.2, 0.25) is 0 Å². The summed E-state index contributed by atoms with van der Waals surface area (Å²) in [5.41, 5.74) is 0. The fourth-order valence-electron chi connectivity index (χ4n) is 3.81. The molecule has 0 N–H and O–H groups in total. The zero-order valence-corrected chi connectivity index (χ0v) is 12.2. The molecule has 2 heteroatoms. The van der Waals surface area contributed by atoms with Crippen LogP contribution in [0, 0.1) is 11.8 Å². The van der Waals surface area contributed by atoms with Gasteiger partial charge < -0.3 is 9.64 Å². The van der Waals surface area contributed by atoms with Crippen LogP contribution in [0.5, 0.6) is 0 Å². The molecule has 0 bridgehead atoms. The summed E-state index contributed by atoms with van der Waals surface area (Å²) in [5, 5.41) is 0. The minimum absolute atomic E-state index is 0.900. The number of hydrogen-bond acceptors (Lipinski definition) is 2. The molecule has 1 aliphatic heterocycles. The normalized spacial score (nSPS) is 28.8. The molecule has 0 amide bonds. The zero-order chi connectivity index (χ0) is 12.6. The van der Waals surface area contributed by atoms with Crippen molar-refractivity contribution in [3.63, 3.8) is 0 Å². The molecule has 1 unspecified atom stereocenters. The van der Waals surface area contributed by atoms with E-state index in [1.54, 1.807) is 0 Å². The van der Waals surface area contributed by atoms with Crippen molar-refractivity contribution in [1.82, 2.24) is 4.90 Å². The van der Waals surface area contributed by atoms with Crippen LogP contribution in [0.25, 0.3) is 0 Å². The molecule has 0 aromatic rings. The molecule has 1 atom stereocenters. The van der Waals surface area contributed by atoms with Crippen LogP contribution in [0.1, 0.15) is 57.8 Å². The summed E-state index contributed by atoms with van der Waals surface area (Å²) >= 11 is 0. The Morgan fingerprint density at radius 3 is 2.22 bits per heavy atom. The van der Waals surface area contributed by atoms with Gasteiger partial charge in [-0.1, -0.05) is 51.4 Å². The molecule has 106 valence electrons. The van der Waals surface area contributed by atoms with Gasteiger partial charge in [0, 0.05) is 20.2 Å². The van der Waals surface area contributed by atoms with Crippen molar-refractivity contribution in [3.8, 4) is 0 Å². The van der Waals surface area contributed by atoms with Crippen molar-refractivity contribution < 1.29 is 4.74 Å².